The number of anilines is 1. The number of para-hydroxylation sites is 1. The number of hydrogen-bond acceptors (Lipinski definition) is 4. The first-order valence-electron chi connectivity index (χ1n) is 5.97. The highest BCUT2D eigenvalue weighted by Crippen LogP contribution is 2.24. The summed E-state index contributed by atoms with van der Waals surface area (Å²) in [5.74, 6) is -0.143. The van der Waals surface area contributed by atoms with Crippen LogP contribution < -0.4 is 5.32 Å². The smallest absolute Gasteiger partial charge is 0.285 e. The quantitative estimate of drug-likeness (QED) is 0.687. The Balaban J connectivity index is 2.38. The molecule has 0 aliphatic heterocycles. The molecule has 1 aromatic carbocycles. The Morgan fingerprint density at radius 2 is 1.90 bits per heavy atom. The molecule has 6 heteroatoms. The summed E-state index contributed by atoms with van der Waals surface area (Å²) in [7, 11) is 0. The maximum absolute atomic E-state index is 12.2. The maximum atomic E-state index is 12.2. The van der Waals surface area contributed by atoms with Gasteiger partial charge in [0, 0.05) is 11.8 Å². The third-order valence-electron chi connectivity index (χ3n) is 2.91. The van der Waals surface area contributed by atoms with Crippen LogP contribution in [0.1, 0.15) is 21.5 Å². The van der Waals surface area contributed by atoms with Gasteiger partial charge in [-0.3, -0.25) is 14.9 Å². The minimum Gasteiger partial charge on any atom is -0.306 e. The Morgan fingerprint density at radius 1 is 1.20 bits per heavy atom. The summed E-state index contributed by atoms with van der Waals surface area (Å²) in [5, 5.41) is 13.7. The van der Waals surface area contributed by atoms with Crippen molar-refractivity contribution in [1.82, 2.24) is 4.98 Å². The lowest BCUT2D eigenvalue weighted by atomic mass is 10.1. The number of carbonyl (C=O) groups excluding carboxylic acids is 1. The molecular weight excluding hydrogens is 258 g/mol. The second kappa shape index (κ2) is 5.48. The van der Waals surface area contributed by atoms with Gasteiger partial charge < -0.3 is 5.32 Å². The monoisotopic (exact) mass is 271 g/mol. The van der Waals surface area contributed by atoms with Gasteiger partial charge in [0.25, 0.3) is 11.6 Å². The average molecular weight is 271 g/mol. The minimum absolute atomic E-state index is 0.0278. The standard InChI is InChI=1S/C14H13N3O3/c1-9-5-3-7-11(12(9)17(19)20)14(18)16-13-10(2)6-4-8-15-13/h3-8H,1-2H3,(H,15,16,18). The van der Waals surface area contributed by atoms with Crippen molar-refractivity contribution in [2.75, 3.05) is 5.32 Å². The van der Waals surface area contributed by atoms with Crippen LogP contribution in [0.5, 0.6) is 0 Å². The molecule has 0 aliphatic rings. The van der Waals surface area contributed by atoms with Gasteiger partial charge in [0.1, 0.15) is 11.4 Å². The fraction of sp³-hybridized carbons (Fsp3) is 0.143. The molecule has 0 aliphatic carbocycles. The largest absolute Gasteiger partial charge is 0.306 e. The molecule has 0 fully saturated rings. The van der Waals surface area contributed by atoms with E-state index in [1.54, 1.807) is 44.3 Å². The number of nitrogens with zero attached hydrogens (tertiary/aromatic N) is 2. The maximum Gasteiger partial charge on any atom is 0.285 e. The molecule has 0 spiro atoms. The van der Waals surface area contributed by atoms with Crippen LogP contribution in [0.15, 0.2) is 36.5 Å². The number of pyridine rings is 1. The number of amides is 1. The summed E-state index contributed by atoms with van der Waals surface area (Å²) in [6.45, 7) is 3.40. The molecule has 0 saturated heterocycles. The predicted molar refractivity (Wildman–Crippen MR) is 74.8 cm³/mol. The van der Waals surface area contributed by atoms with Crippen molar-refractivity contribution in [3.05, 3.63) is 63.3 Å². The molecule has 20 heavy (non-hydrogen) atoms. The normalized spacial score (nSPS) is 10.1. The molecule has 102 valence electrons. The zero-order valence-electron chi connectivity index (χ0n) is 11.1. The average Bonchev–Trinajstić information content (AvgIpc) is 2.40. The van der Waals surface area contributed by atoms with E-state index in [9.17, 15) is 14.9 Å². The van der Waals surface area contributed by atoms with Gasteiger partial charge >= 0.3 is 0 Å². The highest BCUT2D eigenvalue weighted by Gasteiger charge is 2.22. The summed E-state index contributed by atoms with van der Waals surface area (Å²) in [4.78, 5) is 26.8. The van der Waals surface area contributed by atoms with E-state index in [-0.39, 0.29) is 11.3 Å². The predicted octanol–water partition coefficient (Wildman–Crippen LogP) is 2.86. The molecule has 6 nitrogen and oxygen atoms in total. The number of hydrogen-bond donors (Lipinski definition) is 1. The van der Waals surface area contributed by atoms with E-state index in [2.05, 4.69) is 10.3 Å². The van der Waals surface area contributed by atoms with Crippen LogP contribution >= 0.6 is 0 Å². The van der Waals surface area contributed by atoms with Crippen LogP contribution in [0.25, 0.3) is 0 Å². The van der Waals surface area contributed by atoms with E-state index in [0.29, 0.717) is 11.4 Å². The van der Waals surface area contributed by atoms with Crippen molar-refractivity contribution in [3.8, 4) is 0 Å². The molecule has 1 aromatic heterocycles. The van der Waals surface area contributed by atoms with E-state index in [1.807, 2.05) is 0 Å². The zero-order chi connectivity index (χ0) is 14.7. The number of rotatable bonds is 3. The third kappa shape index (κ3) is 2.64. The Morgan fingerprint density at radius 3 is 2.55 bits per heavy atom. The van der Waals surface area contributed by atoms with E-state index < -0.39 is 10.8 Å². The van der Waals surface area contributed by atoms with E-state index in [0.717, 1.165) is 5.56 Å². The van der Waals surface area contributed by atoms with Crippen LogP contribution in [-0.4, -0.2) is 15.8 Å². The van der Waals surface area contributed by atoms with Crippen molar-refractivity contribution < 1.29 is 9.72 Å². The van der Waals surface area contributed by atoms with Crippen molar-refractivity contribution in [2.24, 2.45) is 0 Å². The number of carbonyl (C=O) groups is 1. The molecule has 2 rings (SSSR count). The van der Waals surface area contributed by atoms with Gasteiger partial charge in [-0.25, -0.2) is 4.98 Å². The van der Waals surface area contributed by atoms with Crippen LogP contribution in [0.3, 0.4) is 0 Å². The van der Waals surface area contributed by atoms with Crippen LogP contribution in [-0.2, 0) is 0 Å². The first kappa shape index (κ1) is 13.7. The lowest BCUT2D eigenvalue weighted by Gasteiger charge is -2.08. The molecule has 0 unspecified atom stereocenters. The molecular formula is C14H13N3O3. The molecule has 2 aromatic rings. The summed E-state index contributed by atoms with van der Waals surface area (Å²) in [6, 6.07) is 8.19. The number of aromatic nitrogens is 1. The van der Waals surface area contributed by atoms with Gasteiger partial charge in [-0.2, -0.15) is 0 Å². The third-order valence-corrected chi connectivity index (χ3v) is 2.91. The van der Waals surface area contributed by atoms with E-state index in [4.69, 9.17) is 0 Å². The number of aryl methyl sites for hydroxylation is 2. The molecule has 0 atom stereocenters. The molecule has 1 amide bonds. The molecule has 0 bridgehead atoms. The minimum atomic E-state index is -0.546. The highest BCUT2D eigenvalue weighted by molar-refractivity contribution is 6.07. The summed E-state index contributed by atoms with van der Waals surface area (Å²) < 4.78 is 0. The van der Waals surface area contributed by atoms with Crippen molar-refractivity contribution >= 4 is 17.4 Å². The first-order chi connectivity index (χ1) is 9.50. The van der Waals surface area contributed by atoms with Gasteiger partial charge in [0.2, 0.25) is 0 Å². The Kier molecular flexibility index (Phi) is 3.74. The van der Waals surface area contributed by atoms with Gasteiger partial charge in [-0.1, -0.05) is 18.2 Å². The Labute approximate surface area is 115 Å². The fourth-order valence-electron chi connectivity index (χ4n) is 1.88. The summed E-state index contributed by atoms with van der Waals surface area (Å²) in [6.07, 6.45) is 1.55. The molecule has 0 saturated carbocycles. The second-order valence-corrected chi connectivity index (χ2v) is 4.35. The van der Waals surface area contributed by atoms with Gasteiger partial charge in [-0.05, 0) is 31.5 Å². The van der Waals surface area contributed by atoms with Crippen molar-refractivity contribution in [3.63, 3.8) is 0 Å². The summed E-state index contributed by atoms with van der Waals surface area (Å²) in [5.41, 5.74) is 1.08. The van der Waals surface area contributed by atoms with Crippen molar-refractivity contribution in [2.45, 2.75) is 13.8 Å². The fourth-order valence-corrected chi connectivity index (χ4v) is 1.88. The lowest BCUT2D eigenvalue weighted by molar-refractivity contribution is -0.385. The first-order valence-corrected chi connectivity index (χ1v) is 5.97. The molecule has 0 radical (unpaired) electrons. The number of nitro groups is 1. The zero-order valence-corrected chi connectivity index (χ0v) is 11.1. The molecule has 1 heterocycles. The molecule has 1 N–H and O–H groups in total. The van der Waals surface area contributed by atoms with Gasteiger partial charge in [0.05, 0.1) is 4.92 Å². The lowest BCUT2D eigenvalue weighted by Crippen LogP contribution is -2.16. The second-order valence-electron chi connectivity index (χ2n) is 4.35. The van der Waals surface area contributed by atoms with E-state index >= 15 is 0 Å². The number of benzene rings is 1. The van der Waals surface area contributed by atoms with Crippen LogP contribution in [0.2, 0.25) is 0 Å². The van der Waals surface area contributed by atoms with Gasteiger partial charge in [0.15, 0.2) is 0 Å². The van der Waals surface area contributed by atoms with Crippen molar-refractivity contribution in [1.29, 1.82) is 0 Å². The number of nitrogens with one attached hydrogen (secondary N) is 1. The van der Waals surface area contributed by atoms with Gasteiger partial charge in [-0.15, -0.1) is 0 Å². The summed E-state index contributed by atoms with van der Waals surface area (Å²) >= 11 is 0. The van der Waals surface area contributed by atoms with Crippen LogP contribution in [0, 0.1) is 24.0 Å². The highest BCUT2D eigenvalue weighted by atomic mass is 16.6. The van der Waals surface area contributed by atoms with Crippen LogP contribution in [0.4, 0.5) is 11.5 Å². The Bertz CT molecular complexity index is 683. The topological polar surface area (TPSA) is 85.1 Å². The van der Waals surface area contributed by atoms with E-state index in [1.165, 1.54) is 6.07 Å². The Hall–Kier alpha value is -2.76. The SMILES string of the molecule is Cc1cccnc1NC(=O)c1cccc(C)c1[N+](=O)[O-]. The number of nitro benzene ring substituents is 1.